The topological polar surface area (TPSA) is 121 Å². The van der Waals surface area contributed by atoms with Crippen LogP contribution in [0.2, 0.25) is 0 Å². The maximum absolute atomic E-state index is 13.0. The van der Waals surface area contributed by atoms with Gasteiger partial charge in [0.15, 0.2) is 11.6 Å². The highest BCUT2D eigenvalue weighted by Crippen LogP contribution is 2.29. The average Bonchev–Trinajstić information content (AvgIpc) is 3.41. The van der Waals surface area contributed by atoms with Crippen LogP contribution in [0, 0.1) is 0 Å². The van der Waals surface area contributed by atoms with Crippen LogP contribution in [-0.4, -0.2) is 44.2 Å². The number of fused-ring (bicyclic) bond motifs is 1. The molecule has 0 unspecified atom stereocenters. The largest absolute Gasteiger partial charge is 0.337 e. The SMILES string of the molecule is O=S(=O)(Nc1nc2ccccc2nc1Nc1cccc(S(=O)(=O)N2CCCC2)c1)c1ccccc1. The van der Waals surface area contributed by atoms with Crippen LogP contribution in [0.1, 0.15) is 12.8 Å². The summed E-state index contributed by atoms with van der Waals surface area (Å²) in [6, 6.07) is 21.4. The molecule has 11 heteroatoms. The Morgan fingerprint density at radius 3 is 1.97 bits per heavy atom. The van der Waals surface area contributed by atoms with Gasteiger partial charge in [-0.3, -0.25) is 4.72 Å². The molecule has 1 aliphatic heterocycles. The van der Waals surface area contributed by atoms with E-state index in [1.54, 1.807) is 60.7 Å². The fourth-order valence-corrected chi connectivity index (χ4v) is 6.49. The van der Waals surface area contributed by atoms with Crippen molar-refractivity contribution in [3.05, 3.63) is 78.9 Å². The average molecular weight is 510 g/mol. The zero-order chi connectivity index (χ0) is 24.5. The minimum absolute atomic E-state index is 0.000330. The van der Waals surface area contributed by atoms with E-state index in [1.165, 1.54) is 22.5 Å². The van der Waals surface area contributed by atoms with Crippen LogP contribution in [0.3, 0.4) is 0 Å². The second-order valence-corrected chi connectivity index (χ2v) is 11.7. The second kappa shape index (κ2) is 9.25. The van der Waals surface area contributed by atoms with Gasteiger partial charge in [-0.25, -0.2) is 26.8 Å². The normalized spacial score (nSPS) is 14.7. The van der Waals surface area contributed by atoms with Crippen molar-refractivity contribution < 1.29 is 16.8 Å². The van der Waals surface area contributed by atoms with Gasteiger partial charge in [0.05, 0.1) is 20.8 Å². The molecular weight excluding hydrogens is 486 g/mol. The molecule has 35 heavy (non-hydrogen) atoms. The molecule has 180 valence electrons. The van der Waals surface area contributed by atoms with E-state index >= 15 is 0 Å². The third-order valence-corrected chi connectivity index (χ3v) is 8.90. The quantitative estimate of drug-likeness (QED) is 0.387. The van der Waals surface area contributed by atoms with Gasteiger partial charge in [-0.1, -0.05) is 36.4 Å². The van der Waals surface area contributed by atoms with Gasteiger partial charge in [0.1, 0.15) is 0 Å². The molecule has 1 fully saturated rings. The van der Waals surface area contributed by atoms with Crippen molar-refractivity contribution in [2.24, 2.45) is 0 Å². The number of rotatable bonds is 7. The lowest BCUT2D eigenvalue weighted by Gasteiger charge is -2.17. The molecule has 9 nitrogen and oxygen atoms in total. The summed E-state index contributed by atoms with van der Waals surface area (Å²) in [5.74, 6) is 0.152. The van der Waals surface area contributed by atoms with Crippen LogP contribution < -0.4 is 10.0 Å². The van der Waals surface area contributed by atoms with Gasteiger partial charge >= 0.3 is 0 Å². The molecule has 0 aliphatic carbocycles. The van der Waals surface area contributed by atoms with Crippen LogP contribution in [0.15, 0.2) is 88.7 Å². The zero-order valence-electron chi connectivity index (χ0n) is 18.6. The lowest BCUT2D eigenvalue weighted by atomic mass is 10.3. The van der Waals surface area contributed by atoms with Crippen molar-refractivity contribution in [1.82, 2.24) is 14.3 Å². The van der Waals surface area contributed by atoms with Gasteiger partial charge in [-0.15, -0.1) is 0 Å². The van der Waals surface area contributed by atoms with Crippen LogP contribution >= 0.6 is 0 Å². The Balaban J connectivity index is 1.53. The van der Waals surface area contributed by atoms with E-state index in [4.69, 9.17) is 0 Å². The predicted octanol–water partition coefficient (Wildman–Crippen LogP) is 3.96. The third-order valence-electron chi connectivity index (χ3n) is 5.65. The van der Waals surface area contributed by atoms with Gasteiger partial charge in [0.2, 0.25) is 10.0 Å². The Morgan fingerprint density at radius 1 is 0.686 bits per heavy atom. The lowest BCUT2D eigenvalue weighted by molar-refractivity contribution is 0.477. The van der Waals surface area contributed by atoms with Gasteiger partial charge in [-0.05, 0) is 55.3 Å². The number of anilines is 3. The molecule has 0 bridgehead atoms. The fraction of sp³-hybridized carbons (Fsp3) is 0.167. The molecule has 3 aromatic carbocycles. The summed E-state index contributed by atoms with van der Waals surface area (Å²) < 4.78 is 56.0. The number of hydrogen-bond donors (Lipinski definition) is 2. The Kier molecular flexibility index (Phi) is 6.13. The fourth-order valence-electron chi connectivity index (χ4n) is 3.89. The van der Waals surface area contributed by atoms with Gasteiger partial charge in [0.25, 0.3) is 10.0 Å². The van der Waals surface area contributed by atoms with E-state index in [9.17, 15) is 16.8 Å². The van der Waals surface area contributed by atoms with Gasteiger partial charge < -0.3 is 5.32 Å². The Bertz CT molecular complexity index is 1590. The maximum atomic E-state index is 13.0. The molecule has 4 aromatic rings. The lowest BCUT2D eigenvalue weighted by Crippen LogP contribution is -2.27. The van der Waals surface area contributed by atoms with E-state index < -0.39 is 20.0 Å². The second-order valence-electron chi connectivity index (χ2n) is 8.09. The van der Waals surface area contributed by atoms with Crippen LogP contribution in [0.4, 0.5) is 17.3 Å². The molecule has 1 aliphatic rings. The number of benzene rings is 3. The highest BCUT2D eigenvalue weighted by molar-refractivity contribution is 7.92. The van der Waals surface area contributed by atoms with Crippen molar-refractivity contribution in [2.45, 2.75) is 22.6 Å². The smallest absolute Gasteiger partial charge is 0.263 e. The number of para-hydroxylation sites is 2. The highest BCUT2D eigenvalue weighted by atomic mass is 32.2. The van der Waals surface area contributed by atoms with E-state index in [-0.39, 0.29) is 21.4 Å². The molecular formula is C24H23N5O4S2. The first kappa shape index (κ1) is 23.2. The predicted molar refractivity (Wildman–Crippen MR) is 135 cm³/mol. The summed E-state index contributed by atoms with van der Waals surface area (Å²) in [5.41, 5.74) is 1.50. The molecule has 2 heterocycles. The number of aromatic nitrogens is 2. The standard InChI is InChI=1S/C24H23N5O4S2/c30-34(31,19-10-2-1-3-11-19)28-24-23(26-21-13-4-5-14-22(21)27-24)25-18-9-8-12-20(17-18)35(32,33)29-15-6-7-16-29/h1-5,8-14,17H,6-7,15-16H2,(H,25,26)(H,27,28). The van der Waals surface area contributed by atoms with Crippen LogP contribution in [0.25, 0.3) is 11.0 Å². The molecule has 1 aromatic heterocycles. The zero-order valence-corrected chi connectivity index (χ0v) is 20.3. The first-order valence-corrected chi connectivity index (χ1v) is 14.0. The summed E-state index contributed by atoms with van der Waals surface area (Å²) in [6.07, 6.45) is 1.68. The van der Waals surface area contributed by atoms with Crippen LogP contribution in [0.5, 0.6) is 0 Å². The van der Waals surface area contributed by atoms with Gasteiger partial charge in [0, 0.05) is 18.8 Å². The molecule has 2 N–H and O–H groups in total. The van der Waals surface area contributed by atoms with E-state index in [0.717, 1.165) is 12.8 Å². The Morgan fingerprint density at radius 2 is 1.29 bits per heavy atom. The molecule has 0 atom stereocenters. The van der Waals surface area contributed by atoms with Crippen molar-refractivity contribution in [2.75, 3.05) is 23.1 Å². The number of nitrogens with zero attached hydrogens (tertiary/aromatic N) is 3. The number of hydrogen-bond acceptors (Lipinski definition) is 7. The monoisotopic (exact) mass is 509 g/mol. The first-order chi connectivity index (χ1) is 16.8. The highest BCUT2D eigenvalue weighted by Gasteiger charge is 2.27. The number of nitrogens with one attached hydrogen (secondary N) is 2. The van der Waals surface area contributed by atoms with E-state index in [1.807, 2.05) is 0 Å². The van der Waals surface area contributed by atoms with Crippen molar-refractivity contribution in [1.29, 1.82) is 0 Å². The summed E-state index contributed by atoms with van der Waals surface area (Å²) >= 11 is 0. The molecule has 0 spiro atoms. The minimum Gasteiger partial charge on any atom is -0.337 e. The van der Waals surface area contributed by atoms with Crippen molar-refractivity contribution in [3.8, 4) is 0 Å². The van der Waals surface area contributed by atoms with Crippen molar-refractivity contribution in [3.63, 3.8) is 0 Å². The Hall–Kier alpha value is -3.54. The first-order valence-electron chi connectivity index (χ1n) is 11.0. The summed E-state index contributed by atoms with van der Waals surface area (Å²) in [5, 5.41) is 3.06. The third kappa shape index (κ3) is 4.83. The molecule has 1 saturated heterocycles. The van der Waals surface area contributed by atoms with Crippen molar-refractivity contribution >= 4 is 48.4 Å². The van der Waals surface area contributed by atoms with E-state index in [2.05, 4.69) is 20.0 Å². The summed E-state index contributed by atoms with van der Waals surface area (Å²) in [7, 11) is -7.55. The molecule has 0 radical (unpaired) electrons. The van der Waals surface area contributed by atoms with E-state index in [0.29, 0.717) is 29.8 Å². The van der Waals surface area contributed by atoms with Gasteiger partial charge in [-0.2, -0.15) is 4.31 Å². The number of sulfonamides is 2. The molecule has 5 rings (SSSR count). The molecule has 0 saturated carbocycles. The molecule has 0 amide bonds. The maximum Gasteiger partial charge on any atom is 0.263 e. The minimum atomic E-state index is -3.93. The summed E-state index contributed by atoms with van der Waals surface area (Å²) in [6.45, 7) is 1.00. The van der Waals surface area contributed by atoms with Crippen LogP contribution in [-0.2, 0) is 20.0 Å². The Labute approximate surface area is 204 Å². The summed E-state index contributed by atoms with van der Waals surface area (Å²) in [4.78, 5) is 9.27.